The number of nitrogens with one attached hydrogen (secondary N) is 1. The molecule has 1 aromatic rings. The third-order valence-corrected chi connectivity index (χ3v) is 3.64. The van der Waals surface area contributed by atoms with Crippen LogP contribution in [0.5, 0.6) is 0 Å². The zero-order chi connectivity index (χ0) is 13.1. The van der Waals surface area contributed by atoms with Crippen molar-refractivity contribution in [1.29, 1.82) is 0 Å². The topological polar surface area (TPSA) is 15.3 Å². The Morgan fingerprint density at radius 2 is 1.94 bits per heavy atom. The molecule has 96 valence electrons. The lowest BCUT2D eigenvalue weighted by Crippen LogP contribution is -2.46. The van der Waals surface area contributed by atoms with E-state index in [0.717, 1.165) is 23.7 Å². The van der Waals surface area contributed by atoms with Gasteiger partial charge in [-0.15, -0.1) is 0 Å². The highest BCUT2D eigenvalue weighted by molar-refractivity contribution is 6.31. The maximum atomic E-state index is 6.19. The highest BCUT2D eigenvalue weighted by atomic mass is 35.5. The van der Waals surface area contributed by atoms with Gasteiger partial charge in [0.25, 0.3) is 0 Å². The van der Waals surface area contributed by atoms with Crippen LogP contribution in [0.1, 0.15) is 25.0 Å². The number of benzene rings is 1. The van der Waals surface area contributed by atoms with Crippen molar-refractivity contribution >= 4 is 11.6 Å². The maximum absolute atomic E-state index is 6.19. The molecule has 0 fully saturated rings. The number of nitrogens with zero attached hydrogens (tertiary/aromatic N) is 1. The second-order valence-corrected chi connectivity index (χ2v) is 5.81. The lowest BCUT2D eigenvalue weighted by Gasteiger charge is -2.32. The van der Waals surface area contributed by atoms with Gasteiger partial charge < -0.3 is 10.2 Å². The number of aryl methyl sites for hydroxylation is 1. The Labute approximate surface area is 110 Å². The van der Waals surface area contributed by atoms with Crippen LogP contribution in [0.4, 0.5) is 0 Å². The predicted molar refractivity (Wildman–Crippen MR) is 75.7 cm³/mol. The molecule has 0 bridgehead atoms. The first-order valence-electron chi connectivity index (χ1n) is 5.96. The average molecular weight is 255 g/mol. The molecule has 0 aliphatic rings. The van der Waals surface area contributed by atoms with Crippen LogP contribution < -0.4 is 5.32 Å². The molecule has 0 saturated heterocycles. The third-order valence-electron chi connectivity index (χ3n) is 3.29. The molecule has 0 aromatic heterocycles. The van der Waals surface area contributed by atoms with Gasteiger partial charge in [0, 0.05) is 23.7 Å². The minimum Gasteiger partial charge on any atom is -0.311 e. The fraction of sp³-hybridized carbons (Fsp3) is 0.571. The van der Waals surface area contributed by atoms with Crippen molar-refractivity contribution < 1.29 is 0 Å². The zero-order valence-corrected chi connectivity index (χ0v) is 12.2. The number of rotatable bonds is 5. The van der Waals surface area contributed by atoms with Gasteiger partial charge in [-0.1, -0.05) is 23.7 Å². The van der Waals surface area contributed by atoms with E-state index < -0.39 is 0 Å². The molecule has 3 heteroatoms. The molecule has 0 aliphatic carbocycles. The molecule has 0 saturated carbocycles. The van der Waals surface area contributed by atoms with Gasteiger partial charge in [-0.3, -0.25) is 0 Å². The molecule has 1 rings (SSSR count). The van der Waals surface area contributed by atoms with Gasteiger partial charge in [-0.25, -0.2) is 0 Å². The second-order valence-electron chi connectivity index (χ2n) is 5.41. The summed E-state index contributed by atoms with van der Waals surface area (Å²) in [6.45, 7) is 8.24. The molecular weight excluding hydrogens is 232 g/mol. The number of hydrogen-bond donors (Lipinski definition) is 1. The minimum absolute atomic E-state index is 0.150. The van der Waals surface area contributed by atoms with E-state index in [1.807, 2.05) is 6.07 Å². The largest absolute Gasteiger partial charge is 0.311 e. The van der Waals surface area contributed by atoms with Crippen molar-refractivity contribution in [2.75, 3.05) is 20.6 Å². The van der Waals surface area contributed by atoms with E-state index in [2.05, 4.69) is 57.2 Å². The van der Waals surface area contributed by atoms with Crippen molar-refractivity contribution in [2.45, 2.75) is 32.9 Å². The number of halogens is 1. The smallest absolute Gasteiger partial charge is 0.0453 e. The van der Waals surface area contributed by atoms with E-state index in [0.29, 0.717) is 0 Å². The van der Waals surface area contributed by atoms with E-state index in [-0.39, 0.29) is 5.54 Å². The molecule has 1 N–H and O–H groups in total. The molecule has 0 radical (unpaired) electrons. The lowest BCUT2D eigenvalue weighted by molar-refractivity contribution is 0.190. The highest BCUT2D eigenvalue weighted by Gasteiger charge is 2.19. The van der Waals surface area contributed by atoms with Crippen LogP contribution in [0.15, 0.2) is 18.2 Å². The Balaban J connectivity index is 2.51. The summed E-state index contributed by atoms with van der Waals surface area (Å²) in [7, 11) is 4.20. The fourth-order valence-electron chi connectivity index (χ4n) is 1.46. The van der Waals surface area contributed by atoms with Crippen LogP contribution in [0.25, 0.3) is 0 Å². The lowest BCUT2D eigenvalue weighted by atomic mass is 10.0. The zero-order valence-electron chi connectivity index (χ0n) is 11.5. The Bertz CT molecular complexity index is 372. The van der Waals surface area contributed by atoms with Crippen LogP contribution >= 0.6 is 11.6 Å². The van der Waals surface area contributed by atoms with Crippen LogP contribution in [-0.4, -0.2) is 31.1 Å². The van der Waals surface area contributed by atoms with Crippen molar-refractivity contribution in [1.82, 2.24) is 10.2 Å². The first-order chi connectivity index (χ1) is 7.83. The molecule has 0 aliphatic heterocycles. The van der Waals surface area contributed by atoms with Crippen LogP contribution in [0.2, 0.25) is 5.02 Å². The summed E-state index contributed by atoms with van der Waals surface area (Å²) >= 11 is 6.19. The monoisotopic (exact) mass is 254 g/mol. The summed E-state index contributed by atoms with van der Waals surface area (Å²) in [6, 6.07) is 6.20. The second kappa shape index (κ2) is 5.85. The summed E-state index contributed by atoms with van der Waals surface area (Å²) in [4.78, 5) is 2.22. The normalized spacial score (nSPS) is 12.2. The number of hydrogen-bond acceptors (Lipinski definition) is 2. The van der Waals surface area contributed by atoms with Gasteiger partial charge in [0.1, 0.15) is 0 Å². The van der Waals surface area contributed by atoms with Gasteiger partial charge in [0.2, 0.25) is 0 Å². The Kier molecular flexibility index (Phi) is 4.99. The van der Waals surface area contributed by atoms with Crippen molar-refractivity contribution in [2.24, 2.45) is 0 Å². The molecule has 0 heterocycles. The van der Waals surface area contributed by atoms with E-state index in [9.17, 15) is 0 Å². The SMILES string of the molecule is Cc1ccc(CNCC(C)(C)N(C)C)c(Cl)c1. The van der Waals surface area contributed by atoms with Crippen LogP contribution in [0, 0.1) is 6.92 Å². The van der Waals surface area contributed by atoms with E-state index in [1.165, 1.54) is 5.56 Å². The van der Waals surface area contributed by atoms with Crippen molar-refractivity contribution in [3.05, 3.63) is 34.3 Å². The van der Waals surface area contributed by atoms with E-state index in [1.54, 1.807) is 0 Å². The predicted octanol–water partition coefficient (Wildman–Crippen LogP) is 3.08. The van der Waals surface area contributed by atoms with Crippen molar-refractivity contribution in [3.63, 3.8) is 0 Å². The summed E-state index contributed by atoms with van der Waals surface area (Å²) in [6.07, 6.45) is 0. The first-order valence-corrected chi connectivity index (χ1v) is 6.34. The fourth-order valence-corrected chi connectivity index (χ4v) is 1.76. The summed E-state index contributed by atoms with van der Waals surface area (Å²) < 4.78 is 0. The Hall–Kier alpha value is -0.570. The van der Waals surface area contributed by atoms with Crippen LogP contribution in [0.3, 0.4) is 0 Å². The molecular formula is C14H23ClN2. The molecule has 1 aromatic carbocycles. The molecule has 0 spiro atoms. The minimum atomic E-state index is 0.150. The Morgan fingerprint density at radius 1 is 1.29 bits per heavy atom. The third kappa shape index (κ3) is 4.30. The standard InChI is InChI=1S/C14H23ClN2/c1-11-6-7-12(13(15)8-11)9-16-10-14(2,3)17(4)5/h6-8,16H,9-10H2,1-5H3. The molecule has 0 unspecified atom stereocenters. The summed E-state index contributed by atoms with van der Waals surface area (Å²) in [5, 5.41) is 4.30. The van der Waals surface area contributed by atoms with Crippen molar-refractivity contribution in [3.8, 4) is 0 Å². The summed E-state index contributed by atoms with van der Waals surface area (Å²) in [5.74, 6) is 0. The van der Waals surface area contributed by atoms with Gasteiger partial charge in [0.15, 0.2) is 0 Å². The van der Waals surface area contributed by atoms with Gasteiger partial charge >= 0.3 is 0 Å². The maximum Gasteiger partial charge on any atom is 0.0453 e. The van der Waals surface area contributed by atoms with Crippen LogP contribution in [-0.2, 0) is 6.54 Å². The Morgan fingerprint density at radius 3 is 2.47 bits per heavy atom. The molecule has 0 amide bonds. The highest BCUT2D eigenvalue weighted by Crippen LogP contribution is 2.17. The van der Waals surface area contributed by atoms with E-state index >= 15 is 0 Å². The van der Waals surface area contributed by atoms with Gasteiger partial charge in [-0.2, -0.15) is 0 Å². The molecule has 2 nitrogen and oxygen atoms in total. The molecule has 17 heavy (non-hydrogen) atoms. The van der Waals surface area contributed by atoms with Gasteiger partial charge in [-0.05, 0) is 52.1 Å². The average Bonchev–Trinajstić information content (AvgIpc) is 2.21. The summed E-state index contributed by atoms with van der Waals surface area (Å²) in [5.41, 5.74) is 2.51. The quantitative estimate of drug-likeness (QED) is 0.869. The van der Waals surface area contributed by atoms with E-state index in [4.69, 9.17) is 11.6 Å². The van der Waals surface area contributed by atoms with Gasteiger partial charge in [0.05, 0.1) is 0 Å². The first kappa shape index (κ1) is 14.5. The molecule has 0 atom stereocenters. The number of likely N-dealkylation sites (N-methyl/N-ethyl adjacent to an activating group) is 1.